The molecular weight excluding hydrogens is 573 g/mol. The molecule has 0 radical (unpaired) electrons. The van der Waals surface area contributed by atoms with Crippen molar-refractivity contribution in [1.82, 2.24) is 19.6 Å². The summed E-state index contributed by atoms with van der Waals surface area (Å²) in [5.74, 6) is 0.446. The van der Waals surface area contributed by atoms with E-state index in [9.17, 15) is 4.39 Å². The van der Waals surface area contributed by atoms with Crippen molar-refractivity contribution >= 4 is 11.4 Å². The van der Waals surface area contributed by atoms with Crippen LogP contribution in [0.15, 0.2) is 132 Å². The summed E-state index contributed by atoms with van der Waals surface area (Å²) in [4.78, 5) is 11.3. The van der Waals surface area contributed by atoms with E-state index in [1.165, 1.54) is 0 Å². The fourth-order valence-corrected chi connectivity index (χ4v) is 7.43. The molecule has 232 valence electrons. The molecular formula is C36H35F3N6-2. The Bertz CT molecular complexity index is 1630. The van der Waals surface area contributed by atoms with Crippen molar-refractivity contribution in [3.8, 4) is 0 Å². The monoisotopic (exact) mass is 608 g/mol. The highest BCUT2D eigenvalue weighted by atomic mass is 19.1. The fraction of sp³-hybridized carbons (Fsp3) is 0.278. The van der Waals surface area contributed by atoms with Crippen molar-refractivity contribution in [2.24, 2.45) is 5.92 Å². The lowest BCUT2D eigenvalue weighted by molar-refractivity contribution is 0.150. The third kappa shape index (κ3) is 4.90. The van der Waals surface area contributed by atoms with Crippen molar-refractivity contribution in [2.75, 3.05) is 36.2 Å². The number of nitrogens with zero attached hydrogens (tertiary/aromatic N) is 6. The maximum absolute atomic E-state index is 15.7. The molecule has 0 N–H and O–H groups in total. The Balaban J connectivity index is 1.06. The highest BCUT2D eigenvalue weighted by Crippen LogP contribution is 2.50. The minimum atomic E-state index is -0.319. The molecule has 2 aromatic carbocycles. The van der Waals surface area contributed by atoms with Gasteiger partial charge in [0.15, 0.2) is 5.95 Å². The van der Waals surface area contributed by atoms with Gasteiger partial charge in [-0.1, -0.05) is 60.5 Å². The number of halogens is 3. The number of hydrogen-bond acceptors (Lipinski definition) is 6. The summed E-state index contributed by atoms with van der Waals surface area (Å²) in [6.45, 7) is 2.26. The summed E-state index contributed by atoms with van der Waals surface area (Å²) in [5, 5.41) is 0. The van der Waals surface area contributed by atoms with Gasteiger partial charge in [-0.2, -0.15) is 19.1 Å². The molecule has 0 saturated carbocycles. The van der Waals surface area contributed by atoms with Crippen LogP contribution < -0.4 is 9.80 Å². The van der Waals surface area contributed by atoms with E-state index in [0.717, 1.165) is 66.5 Å². The lowest BCUT2D eigenvalue weighted by Gasteiger charge is -2.56. The minimum absolute atomic E-state index is 0.245. The Morgan fingerprint density at radius 2 is 1.51 bits per heavy atom. The van der Waals surface area contributed by atoms with E-state index in [0.29, 0.717) is 25.8 Å². The first kappa shape index (κ1) is 27.7. The van der Waals surface area contributed by atoms with Crippen LogP contribution in [0.1, 0.15) is 25.7 Å². The molecule has 8 rings (SSSR count). The zero-order chi connectivity index (χ0) is 30.5. The van der Waals surface area contributed by atoms with Crippen LogP contribution in [0, 0.1) is 18.3 Å². The fourth-order valence-electron chi connectivity index (χ4n) is 7.43. The standard InChI is InChI=1S/C36H35F3N6/c37-32-21-40(24-43(32)27-9-3-1-4-10-27)19-17-26-15-16-30-35(42-22-33(38)44(25-42)28-11-5-2-6-12-28)29-13-7-8-14-31(29)45-34(39)23-41(20-18-26)36(30)45/h1-14,21-23,26,36H,15-20,24-25H2/q-2. The normalized spacial score (nSPS) is 24.2. The van der Waals surface area contributed by atoms with Crippen LogP contribution in [-0.2, 0) is 0 Å². The smallest absolute Gasteiger partial charge is 0.211 e. The number of benzene rings is 2. The molecule has 0 amide bonds. The summed E-state index contributed by atoms with van der Waals surface area (Å²) < 4.78 is 46.1. The van der Waals surface area contributed by atoms with Gasteiger partial charge in [-0.25, -0.2) is 12.2 Å². The summed E-state index contributed by atoms with van der Waals surface area (Å²) in [6.07, 6.45) is 15.9. The molecule has 45 heavy (non-hydrogen) atoms. The maximum Gasteiger partial charge on any atom is 0.211 e. The molecule has 1 fully saturated rings. The van der Waals surface area contributed by atoms with E-state index in [2.05, 4.69) is 4.90 Å². The second-order valence-corrected chi connectivity index (χ2v) is 12.3. The maximum atomic E-state index is 15.7. The van der Waals surface area contributed by atoms with Gasteiger partial charge in [0.1, 0.15) is 0 Å². The first-order chi connectivity index (χ1) is 22.0. The highest BCUT2D eigenvalue weighted by molar-refractivity contribution is 5.60. The largest absolute Gasteiger partial charge is 0.372 e. The van der Waals surface area contributed by atoms with Crippen LogP contribution in [0.4, 0.5) is 24.5 Å². The predicted molar refractivity (Wildman–Crippen MR) is 170 cm³/mol. The SMILES string of the molecule is FC1=CN(CCC2CCC3=C(N4C=C(F)N(c5ccccc5)C4)[C-]4C=C[CH-]C=C4N4C(F)=CN(CC2)C34)CN1c1ccccc1. The van der Waals surface area contributed by atoms with Crippen LogP contribution in [-0.4, -0.2) is 52.2 Å². The van der Waals surface area contributed by atoms with Crippen LogP contribution in [0.3, 0.4) is 0 Å². The van der Waals surface area contributed by atoms with Crippen molar-refractivity contribution in [3.63, 3.8) is 0 Å². The molecule has 6 nitrogen and oxygen atoms in total. The van der Waals surface area contributed by atoms with Gasteiger partial charge in [0.25, 0.3) is 0 Å². The van der Waals surface area contributed by atoms with Gasteiger partial charge in [0.2, 0.25) is 11.9 Å². The molecule has 6 aliphatic rings. The summed E-state index contributed by atoms with van der Waals surface area (Å²) in [7, 11) is 0. The predicted octanol–water partition coefficient (Wildman–Crippen LogP) is 7.49. The van der Waals surface area contributed by atoms with Gasteiger partial charge in [-0.15, -0.1) is 5.70 Å². The summed E-state index contributed by atoms with van der Waals surface area (Å²) in [5.41, 5.74) is 4.48. The van der Waals surface area contributed by atoms with Crippen molar-refractivity contribution in [2.45, 2.75) is 31.8 Å². The van der Waals surface area contributed by atoms with Crippen LogP contribution in [0.5, 0.6) is 0 Å². The third-order valence-corrected chi connectivity index (χ3v) is 9.64. The second kappa shape index (κ2) is 11.3. The first-order valence-electron chi connectivity index (χ1n) is 15.7. The average molecular weight is 609 g/mol. The highest BCUT2D eigenvalue weighted by Gasteiger charge is 2.41. The zero-order valence-electron chi connectivity index (χ0n) is 24.9. The number of hydrogen-bond donors (Lipinski definition) is 0. The summed E-state index contributed by atoms with van der Waals surface area (Å²) >= 11 is 0. The zero-order valence-corrected chi connectivity index (χ0v) is 24.9. The van der Waals surface area contributed by atoms with Crippen LogP contribution in [0.25, 0.3) is 0 Å². The Morgan fingerprint density at radius 1 is 0.800 bits per heavy atom. The molecule has 1 saturated heterocycles. The van der Waals surface area contributed by atoms with Crippen LogP contribution in [0.2, 0.25) is 0 Å². The van der Waals surface area contributed by atoms with Gasteiger partial charge < -0.3 is 19.6 Å². The number of para-hydroxylation sites is 2. The van der Waals surface area contributed by atoms with Crippen molar-refractivity contribution in [3.05, 3.63) is 145 Å². The van der Waals surface area contributed by atoms with Gasteiger partial charge >= 0.3 is 0 Å². The number of allylic oxidation sites excluding steroid dienone is 2. The van der Waals surface area contributed by atoms with Gasteiger partial charge in [0.05, 0.1) is 38.1 Å². The molecule has 0 spiro atoms. The Hall–Kier alpha value is -4.79. The van der Waals surface area contributed by atoms with Gasteiger partial charge in [-0.05, 0) is 43.0 Å². The van der Waals surface area contributed by atoms with E-state index in [1.54, 1.807) is 33.3 Å². The van der Waals surface area contributed by atoms with Gasteiger partial charge in [0, 0.05) is 24.5 Å². The quantitative estimate of drug-likeness (QED) is 0.248. The molecule has 5 aliphatic heterocycles. The van der Waals surface area contributed by atoms with E-state index < -0.39 is 0 Å². The van der Waals surface area contributed by atoms with E-state index in [4.69, 9.17) is 0 Å². The molecule has 0 bridgehead atoms. The lowest BCUT2D eigenvalue weighted by Crippen LogP contribution is -2.49. The summed E-state index contributed by atoms with van der Waals surface area (Å²) in [6, 6.07) is 19.2. The number of anilines is 2. The third-order valence-electron chi connectivity index (χ3n) is 9.64. The number of fused-ring (bicyclic) bond motifs is 2. The first-order valence-corrected chi connectivity index (χ1v) is 15.7. The van der Waals surface area contributed by atoms with Gasteiger partial charge in [-0.3, -0.25) is 22.3 Å². The topological polar surface area (TPSA) is 19.4 Å². The second-order valence-electron chi connectivity index (χ2n) is 12.3. The van der Waals surface area contributed by atoms with Crippen molar-refractivity contribution in [1.29, 1.82) is 0 Å². The molecule has 5 heterocycles. The lowest BCUT2D eigenvalue weighted by atomic mass is 9.81. The Morgan fingerprint density at radius 3 is 2.27 bits per heavy atom. The minimum Gasteiger partial charge on any atom is -0.372 e. The number of rotatable bonds is 6. The van der Waals surface area contributed by atoms with E-state index >= 15 is 8.78 Å². The Labute approximate surface area is 262 Å². The average Bonchev–Trinajstić information content (AvgIpc) is 3.74. The molecule has 2 unspecified atom stereocenters. The van der Waals surface area contributed by atoms with E-state index in [-0.39, 0.29) is 24.0 Å². The van der Waals surface area contributed by atoms with E-state index in [1.807, 2.05) is 95.1 Å². The molecule has 1 aliphatic carbocycles. The molecule has 2 atom stereocenters. The molecule has 0 aromatic heterocycles. The Kier molecular flexibility index (Phi) is 6.96. The molecule has 9 heteroatoms. The molecule has 2 aromatic rings. The van der Waals surface area contributed by atoms with Crippen LogP contribution >= 0.6 is 0 Å². The van der Waals surface area contributed by atoms with Crippen molar-refractivity contribution < 1.29 is 13.2 Å².